The first-order valence-corrected chi connectivity index (χ1v) is 9.06. The summed E-state index contributed by atoms with van der Waals surface area (Å²) in [5, 5.41) is 0. The van der Waals surface area contributed by atoms with Gasteiger partial charge in [0.2, 0.25) is 0 Å². The zero-order valence-corrected chi connectivity index (χ0v) is 15.7. The number of nitrogens with zero attached hydrogens (tertiary/aromatic N) is 4. The summed E-state index contributed by atoms with van der Waals surface area (Å²) >= 11 is 0. The fourth-order valence-electron chi connectivity index (χ4n) is 3.14. The van der Waals surface area contributed by atoms with Crippen LogP contribution in [0.1, 0.15) is 22.4 Å². The van der Waals surface area contributed by atoms with Crippen molar-refractivity contribution >= 4 is 0 Å². The average Bonchev–Trinajstić information content (AvgIpc) is 2.72. The summed E-state index contributed by atoms with van der Waals surface area (Å²) in [6.07, 6.45) is 5.85. The molecule has 0 unspecified atom stereocenters. The molecular weight excluding hydrogens is 351 g/mol. The van der Waals surface area contributed by atoms with Gasteiger partial charge in [0.05, 0.1) is 0 Å². The van der Waals surface area contributed by atoms with E-state index in [-0.39, 0.29) is 5.82 Å². The van der Waals surface area contributed by atoms with Gasteiger partial charge in [0, 0.05) is 41.8 Å². The van der Waals surface area contributed by atoms with Crippen molar-refractivity contribution in [2.45, 2.75) is 20.3 Å². The number of hydrogen-bond donors (Lipinski definition) is 0. The number of benzene rings is 2. The molecule has 5 heteroatoms. The van der Waals surface area contributed by atoms with Crippen molar-refractivity contribution in [2.24, 2.45) is 0 Å². The quantitative estimate of drug-likeness (QED) is 0.510. The first kappa shape index (κ1) is 17.9. The number of halogens is 1. The largest absolute Gasteiger partial charge is 0.237 e. The fourth-order valence-corrected chi connectivity index (χ4v) is 3.14. The Morgan fingerprint density at radius 3 is 2.39 bits per heavy atom. The van der Waals surface area contributed by atoms with E-state index < -0.39 is 0 Å². The molecule has 0 saturated heterocycles. The molecule has 4 rings (SSSR count). The second-order valence-electron chi connectivity index (χ2n) is 6.68. The second-order valence-corrected chi connectivity index (χ2v) is 6.68. The minimum absolute atomic E-state index is 0.252. The molecule has 0 spiro atoms. The highest BCUT2D eigenvalue weighted by Gasteiger charge is 2.11. The topological polar surface area (TPSA) is 51.6 Å². The van der Waals surface area contributed by atoms with Crippen LogP contribution < -0.4 is 0 Å². The van der Waals surface area contributed by atoms with Crippen LogP contribution in [0.5, 0.6) is 0 Å². The average molecular weight is 370 g/mol. The molecule has 2 aromatic heterocycles. The van der Waals surface area contributed by atoms with Gasteiger partial charge in [0.15, 0.2) is 11.6 Å². The minimum atomic E-state index is -0.252. The fraction of sp³-hybridized carbons (Fsp3) is 0.130. The third kappa shape index (κ3) is 3.64. The summed E-state index contributed by atoms with van der Waals surface area (Å²) in [5.41, 5.74) is 5.37. The summed E-state index contributed by atoms with van der Waals surface area (Å²) in [5.74, 6) is 0.992. The molecule has 0 aliphatic carbocycles. The van der Waals surface area contributed by atoms with Gasteiger partial charge in [0.25, 0.3) is 0 Å². The first-order valence-electron chi connectivity index (χ1n) is 9.06. The van der Waals surface area contributed by atoms with E-state index in [9.17, 15) is 4.39 Å². The van der Waals surface area contributed by atoms with Crippen LogP contribution in [0.3, 0.4) is 0 Å². The van der Waals surface area contributed by atoms with Gasteiger partial charge in [-0.2, -0.15) is 0 Å². The van der Waals surface area contributed by atoms with Crippen LogP contribution in [0.15, 0.2) is 67.1 Å². The Balaban J connectivity index is 1.66. The van der Waals surface area contributed by atoms with Crippen molar-refractivity contribution < 1.29 is 4.39 Å². The molecule has 2 aromatic carbocycles. The summed E-state index contributed by atoms with van der Waals surface area (Å²) in [6.45, 7) is 3.79. The van der Waals surface area contributed by atoms with Gasteiger partial charge < -0.3 is 0 Å². The first-order chi connectivity index (χ1) is 13.6. The summed E-state index contributed by atoms with van der Waals surface area (Å²) in [7, 11) is 0. The van der Waals surface area contributed by atoms with Gasteiger partial charge in [-0.3, -0.25) is 0 Å². The smallest absolute Gasteiger partial charge is 0.159 e. The third-order valence-corrected chi connectivity index (χ3v) is 4.72. The molecule has 0 aliphatic heterocycles. The third-order valence-electron chi connectivity index (χ3n) is 4.72. The molecule has 0 atom stereocenters. The molecule has 4 aromatic rings. The van der Waals surface area contributed by atoms with Crippen LogP contribution in [-0.4, -0.2) is 19.9 Å². The van der Waals surface area contributed by atoms with E-state index in [1.165, 1.54) is 6.07 Å². The highest BCUT2D eigenvalue weighted by atomic mass is 19.1. The minimum Gasteiger partial charge on any atom is -0.237 e. The maximum atomic E-state index is 13.9. The van der Waals surface area contributed by atoms with E-state index in [1.807, 2.05) is 19.1 Å². The number of aromatic nitrogens is 4. The standard InChI is InChI=1S/C23H19FN4/c1-15-7-8-17(14-20(15)22-25-10-4-11-26-22)13-18-9-12-27-23(28-18)19-5-3-6-21(24)16(19)2/h3-12,14H,13H2,1-2H3. The van der Waals surface area contributed by atoms with Crippen molar-refractivity contribution in [3.8, 4) is 22.8 Å². The summed E-state index contributed by atoms with van der Waals surface area (Å²) in [6, 6.07) is 14.9. The van der Waals surface area contributed by atoms with E-state index in [4.69, 9.17) is 0 Å². The van der Waals surface area contributed by atoms with Crippen LogP contribution in [0, 0.1) is 19.7 Å². The molecule has 0 amide bonds. The molecule has 138 valence electrons. The molecular formula is C23H19FN4. The van der Waals surface area contributed by atoms with Gasteiger partial charge in [-0.1, -0.05) is 24.3 Å². The Hall–Kier alpha value is -3.47. The Kier molecular flexibility index (Phi) is 4.89. The van der Waals surface area contributed by atoms with Crippen LogP contribution in [0.25, 0.3) is 22.8 Å². The zero-order chi connectivity index (χ0) is 19.5. The zero-order valence-electron chi connectivity index (χ0n) is 15.7. The van der Waals surface area contributed by atoms with Gasteiger partial charge in [-0.05, 0) is 54.8 Å². The van der Waals surface area contributed by atoms with Crippen molar-refractivity contribution in [1.82, 2.24) is 19.9 Å². The van der Waals surface area contributed by atoms with E-state index in [2.05, 4.69) is 38.1 Å². The van der Waals surface area contributed by atoms with Crippen LogP contribution >= 0.6 is 0 Å². The van der Waals surface area contributed by atoms with Gasteiger partial charge in [0.1, 0.15) is 5.82 Å². The monoisotopic (exact) mass is 370 g/mol. The highest BCUT2D eigenvalue weighted by Crippen LogP contribution is 2.24. The number of hydrogen-bond acceptors (Lipinski definition) is 4. The van der Waals surface area contributed by atoms with Crippen LogP contribution in [0.2, 0.25) is 0 Å². The lowest BCUT2D eigenvalue weighted by Gasteiger charge is -2.09. The Morgan fingerprint density at radius 1 is 0.786 bits per heavy atom. The number of aryl methyl sites for hydroxylation is 1. The SMILES string of the molecule is Cc1ccc(Cc2ccnc(-c3cccc(F)c3C)n2)cc1-c1ncccn1. The van der Waals surface area contributed by atoms with Crippen LogP contribution in [0.4, 0.5) is 4.39 Å². The lowest BCUT2D eigenvalue weighted by Crippen LogP contribution is -1.99. The summed E-state index contributed by atoms with van der Waals surface area (Å²) in [4.78, 5) is 17.7. The molecule has 0 aliphatic rings. The molecule has 0 N–H and O–H groups in total. The molecule has 0 radical (unpaired) electrons. The number of rotatable bonds is 4. The molecule has 4 nitrogen and oxygen atoms in total. The van der Waals surface area contributed by atoms with Gasteiger partial charge in [-0.15, -0.1) is 0 Å². The van der Waals surface area contributed by atoms with Crippen molar-refractivity contribution in [3.63, 3.8) is 0 Å². The second kappa shape index (κ2) is 7.64. The maximum absolute atomic E-state index is 13.9. The van der Waals surface area contributed by atoms with E-state index in [0.717, 1.165) is 22.4 Å². The molecule has 0 saturated carbocycles. The molecule has 0 bridgehead atoms. The van der Waals surface area contributed by atoms with Crippen molar-refractivity contribution in [2.75, 3.05) is 0 Å². The van der Waals surface area contributed by atoms with Crippen LogP contribution in [-0.2, 0) is 6.42 Å². The van der Waals surface area contributed by atoms with Gasteiger partial charge >= 0.3 is 0 Å². The maximum Gasteiger partial charge on any atom is 0.159 e. The predicted molar refractivity (Wildman–Crippen MR) is 107 cm³/mol. The molecule has 2 heterocycles. The highest BCUT2D eigenvalue weighted by molar-refractivity contribution is 5.62. The van der Waals surface area contributed by atoms with Crippen molar-refractivity contribution in [3.05, 3.63) is 95.3 Å². The van der Waals surface area contributed by atoms with E-state index in [0.29, 0.717) is 29.2 Å². The predicted octanol–water partition coefficient (Wildman–Crippen LogP) is 4.95. The van der Waals surface area contributed by atoms with Gasteiger partial charge in [-0.25, -0.2) is 24.3 Å². The Morgan fingerprint density at radius 2 is 1.57 bits per heavy atom. The normalized spacial score (nSPS) is 10.8. The van der Waals surface area contributed by atoms with E-state index >= 15 is 0 Å². The molecule has 0 fully saturated rings. The Labute approximate surface area is 163 Å². The lowest BCUT2D eigenvalue weighted by atomic mass is 10.0. The Bertz CT molecular complexity index is 1130. The molecule has 28 heavy (non-hydrogen) atoms. The van der Waals surface area contributed by atoms with E-state index in [1.54, 1.807) is 37.6 Å². The van der Waals surface area contributed by atoms with Crippen molar-refractivity contribution in [1.29, 1.82) is 0 Å². The lowest BCUT2D eigenvalue weighted by molar-refractivity contribution is 0.619. The summed E-state index contributed by atoms with van der Waals surface area (Å²) < 4.78 is 13.9.